The van der Waals surface area contributed by atoms with Crippen LogP contribution in [0.3, 0.4) is 0 Å². The van der Waals surface area contributed by atoms with Crippen LogP contribution in [0.15, 0.2) is 30.3 Å². The van der Waals surface area contributed by atoms with Crippen LogP contribution in [-0.2, 0) is 20.9 Å². The Balaban J connectivity index is 2.57. The topological polar surface area (TPSA) is 131 Å². The molecule has 0 bridgehead atoms. The van der Waals surface area contributed by atoms with E-state index < -0.39 is 36.6 Å². The first kappa shape index (κ1) is 20.4. The Bertz CT molecular complexity index is 579. The Hall–Kier alpha value is -2.61. The molecule has 1 aromatic rings. The molecule has 3 atom stereocenters. The van der Waals surface area contributed by atoms with Crippen LogP contribution in [0.2, 0.25) is 0 Å². The number of hydrogen-bond acceptors (Lipinski definition) is 5. The van der Waals surface area contributed by atoms with Gasteiger partial charge < -0.3 is 26.2 Å². The Kier molecular flexibility index (Phi) is 8.42. The molecule has 0 unspecified atom stereocenters. The lowest BCUT2D eigenvalue weighted by molar-refractivity contribution is -0.130. The molecule has 0 aliphatic carbocycles. The number of hydrogen-bond donors (Lipinski definition) is 4. The quantitative estimate of drug-likeness (QED) is 0.508. The van der Waals surface area contributed by atoms with Crippen molar-refractivity contribution < 1.29 is 24.2 Å². The van der Waals surface area contributed by atoms with Gasteiger partial charge in [0.2, 0.25) is 11.8 Å². The normalized spacial score (nSPS) is 14.0. The molecular weight excluding hydrogens is 326 g/mol. The van der Waals surface area contributed by atoms with E-state index in [9.17, 15) is 19.5 Å². The van der Waals surface area contributed by atoms with Crippen LogP contribution < -0.4 is 16.4 Å². The number of aliphatic hydroxyl groups excluding tert-OH is 1. The lowest BCUT2D eigenvalue weighted by Gasteiger charge is -2.24. The molecule has 0 heterocycles. The maximum atomic E-state index is 12.2. The SMILES string of the molecule is CC[C@H](C)[C@H](NC(=O)[C@H](CO)NC(=O)OCc1ccccc1)C(N)=O. The molecule has 0 aliphatic rings. The van der Waals surface area contributed by atoms with Gasteiger partial charge in [-0.05, 0) is 11.5 Å². The summed E-state index contributed by atoms with van der Waals surface area (Å²) in [5.41, 5.74) is 6.07. The van der Waals surface area contributed by atoms with Crippen molar-refractivity contribution in [2.75, 3.05) is 6.61 Å². The first-order chi connectivity index (χ1) is 11.9. The van der Waals surface area contributed by atoms with Crippen LogP contribution in [0.1, 0.15) is 25.8 Å². The van der Waals surface area contributed by atoms with E-state index in [0.717, 1.165) is 5.56 Å². The highest BCUT2D eigenvalue weighted by atomic mass is 16.5. The van der Waals surface area contributed by atoms with E-state index in [2.05, 4.69) is 10.6 Å². The molecule has 8 heteroatoms. The van der Waals surface area contributed by atoms with Crippen molar-refractivity contribution >= 4 is 17.9 Å². The number of carbonyl (C=O) groups is 3. The highest BCUT2D eigenvalue weighted by Crippen LogP contribution is 2.07. The maximum Gasteiger partial charge on any atom is 0.408 e. The van der Waals surface area contributed by atoms with Crippen LogP contribution in [-0.4, -0.2) is 41.7 Å². The van der Waals surface area contributed by atoms with Gasteiger partial charge in [0, 0.05) is 0 Å². The average molecular weight is 351 g/mol. The van der Waals surface area contributed by atoms with E-state index in [4.69, 9.17) is 10.5 Å². The molecule has 8 nitrogen and oxygen atoms in total. The average Bonchev–Trinajstić information content (AvgIpc) is 2.62. The second-order valence-electron chi connectivity index (χ2n) is 5.72. The van der Waals surface area contributed by atoms with Gasteiger partial charge in [0.15, 0.2) is 0 Å². The monoisotopic (exact) mass is 351 g/mol. The van der Waals surface area contributed by atoms with Gasteiger partial charge in [0.1, 0.15) is 18.7 Å². The molecule has 138 valence electrons. The Labute approximate surface area is 146 Å². The standard InChI is InChI=1S/C17H25N3O5/c1-3-11(2)14(15(18)22)20-16(23)13(9-21)19-17(24)25-10-12-7-5-4-6-8-12/h4-8,11,13-14,21H,3,9-10H2,1-2H3,(H2,18,22)(H,19,24)(H,20,23)/t11-,13-,14-/m0/s1. The molecule has 0 radical (unpaired) electrons. The predicted molar refractivity (Wildman–Crippen MR) is 91.2 cm³/mol. The number of nitrogens with two attached hydrogens (primary N) is 1. The minimum atomic E-state index is -1.24. The van der Waals surface area contributed by atoms with E-state index in [1.807, 2.05) is 13.0 Å². The number of primary amides is 1. The van der Waals surface area contributed by atoms with Crippen LogP contribution in [0.5, 0.6) is 0 Å². The van der Waals surface area contributed by atoms with Crippen molar-refractivity contribution in [1.82, 2.24) is 10.6 Å². The highest BCUT2D eigenvalue weighted by molar-refractivity contribution is 5.90. The number of amides is 3. The van der Waals surface area contributed by atoms with Gasteiger partial charge in [0.25, 0.3) is 0 Å². The number of ether oxygens (including phenoxy) is 1. The van der Waals surface area contributed by atoms with E-state index in [0.29, 0.717) is 6.42 Å². The third-order valence-electron chi connectivity index (χ3n) is 3.82. The minimum Gasteiger partial charge on any atom is -0.445 e. The van der Waals surface area contributed by atoms with Crippen LogP contribution in [0, 0.1) is 5.92 Å². The van der Waals surface area contributed by atoms with Gasteiger partial charge in [-0.1, -0.05) is 50.6 Å². The number of alkyl carbamates (subject to hydrolysis) is 1. The van der Waals surface area contributed by atoms with E-state index >= 15 is 0 Å². The van der Waals surface area contributed by atoms with Crippen molar-refractivity contribution in [2.45, 2.75) is 39.0 Å². The number of benzene rings is 1. The first-order valence-corrected chi connectivity index (χ1v) is 8.06. The maximum absolute atomic E-state index is 12.2. The molecule has 0 aliphatic heterocycles. The third-order valence-corrected chi connectivity index (χ3v) is 3.82. The Morgan fingerprint density at radius 3 is 2.36 bits per heavy atom. The van der Waals surface area contributed by atoms with Crippen molar-refractivity contribution in [3.05, 3.63) is 35.9 Å². The fraction of sp³-hybridized carbons (Fsp3) is 0.471. The van der Waals surface area contributed by atoms with E-state index in [-0.39, 0.29) is 12.5 Å². The minimum absolute atomic E-state index is 0.0310. The summed E-state index contributed by atoms with van der Waals surface area (Å²) < 4.78 is 5.00. The third kappa shape index (κ3) is 6.80. The summed E-state index contributed by atoms with van der Waals surface area (Å²) in [6, 6.07) is 6.89. The van der Waals surface area contributed by atoms with Crippen molar-refractivity contribution in [3.63, 3.8) is 0 Å². The number of aliphatic hydroxyl groups is 1. The highest BCUT2D eigenvalue weighted by Gasteiger charge is 2.28. The number of carbonyl (C=O) groups excluding carboxylic acids is 3. The van der Waals surface area contributed by atoms with Gasteiger partial charge >= 0.3 is 6.09 Å². The molecule has 5 N–H and O–H groups in total. The zero-order valence-corrected chi connectivity index (χ0v) is 14.4. The fourth-order valence-electron chi connectivity index (χ4n) is 2.08. The molecular formula is C17H25N3O5. The Morgan fingerprint density at radius 1 is 1.20 bits per heavy atom. The molecule has 0 spiro atoms. The molecule has 1 aromatic carbocycles. The number of rotatable bonds is 9. The van der Waals surface area contributed by atoms with Crippen LogP contribution in [0.25, 0.3) is 0 Å². The molecule has 0 aromatic heterocycles. The second kappa shape index (κ2) is 10.3. The van der Waals surface area contributed by atoms with Crippen molar-refractivity contribution in [3.8, 4) is 0 Å². The van der Waals surface area contributed by atoms with E-state index in [1.165, 1.54) is 0 Å². The summed E-state index contributed by atoms with van der Waals surface area (Å²) in [5.74, 6) is -1.56. The molecule has 0 saturated carbocycles. The largest absolute Gasteiger partial charge is 0.445 e. The first-order valence-electron chi connectivity index (χ1n) is 8.06. The van der Waals surface area contributed by atoms with Gasteiger partial charge in [-0.25, -0.2) is 4.79 Å². The van der Waals surface area contributed by atoms with Crippen LogP contribution >= 0.6 is 0 Å². The molecule has 3 amide bonds. The fourth-order valence-corrected chi connectivity index (χ4v) is 2.08. The summed E-state index contributed by atoms with van der Waals surface area (Å²) in [5, 5.41) is 14.0. The van der Waals surface area contributed by atoms with Crippen molar-refractivity contribution in [2.24, 2.45) is 11.7 Å². The van der Waals surface area contributed by atoms with Gasteiger partial charge in [0.05, 0.1) is 6.61 Å². The Morgan fingerprint density at radius 2 is 1.84 bits per heavy atom. The van der Waals surface area contributed by atoms with Gasteiger partial charge in [-0.2, -0.15) is 0 Å². The predicted octanol–water partition coefficient (Wildman–Crippen LogP) is 0.290. The number of nitrogens with one attached hydrogen (secondary N) is 2. The summed E-state index contributed by atoms with van der Waals surface area (Å²) in [4.78, 5) is 35.4. The van der Waals surface area contributed by atoms with Gasteiger partial charge in [-0.15, -0.1) is 0 Å². The molecule has 0 fully saturated rings. The summed E-state index contributed by atoms with van der Waals surface area (Å²) in [7, 11) is 0. The van der Waals surface area contributed by atoms with E-state index in [1.54, 1.807) is 31.2 Å². The smallest absolute Gasteiger partial charge is 0.408 e. The van der Waals surface area contributed by atoms with Gasteiger partial charge in [-0.3, -0.25) is 9.59 Å². The van der Waals surface area contributed by atoms with Crippen LogP contribution in [0.4, 0.5) is 4.79 Å². The zero-order chi connectivity index (χ0) is 18.8. The molecule has 0 saturated heterocycles. The summed E-state index contributed by atoms with van der Waals surface area (Å²) in [6.45, 7) is 3.02. The molecule has 1 rings (SSSR count). The second-order valence-corrected chi connectivity index (χ2v) is 5.72. The lowest BCUT2D eigenvalue weighted by Crippen LogP contribution is -2.56. The lowest BCUT2D eigenvalue weighted by atomic mass is 9.98. The summed E-state index contributed by atoms with van der Waals surface area (Å²) in [6.07, 6.45) is -0.221. The summed E-state index contributed by atoms with van der Waals surface area (Å²) >= 11 is 0. The molecule has 25 heavy (non-hydrogen) atoms. The van der Waals surface area contributed by atoms with Crippen molar-refractivity contribution in [1.29, 1.82) is 0 Å². The zero-order valence-electron chi connectivity index (χ0n) is 14.4.